The van der Waals surface area contributed by atoms with Gasteiger partial charge in [-0.3, -0.25) is 4.79 Å². The fraction of sp³-hybridized carbons (Fsp3) is 0.562. The highest BCUT2D eigenvalue weighted by molar-refractivity contribution is 8.00. The minimum Gasteiger partial charge on any atom is -0.352 e. The van der Waals surface area contributed by atoms with Gasteiger partial charge < -0.3 is 5.32 Å². The van der Waals surface area contributed by atoms with Crippen molar-refractivity contribution in [3.63, 3.8) is 0 Å². The fourth-order valence-corrected chi connectivity index (χ4v) is 3.60. The largest absolute Gasteiger partial charge is 0.352 e. The van der Waals surface area contributed by atoms with Gasteiger partial charge in [0.15, 0.2) is 0 Å². The Hall–Kier alpha value is -0.670. The monoisotopic (exact) mass is 311 g/mol. The predicted molar refractivity (Wildman–Crippen MR) is 86.3 cm³/mol. The molecule has 0 unspecified atom stereocenters. The summed E-state index contributed by atoms with van der Waals surface area (Å²) in [6.07, 6.45) is 4.87. The van der Waals surface area contributed by atoms with E-state index in [0.717, 1.165) is 16.3 Å². The highest BCUT2D eigenvalue weighted by Gasteiger charge is 2.25. The number of hydrogen-bond donors (Lipinski definition) is 1. The van der Waals surface area contributed by atoms with Crippen molar-refractivity contribution in [1.82, 2.24) is 5.32 Å². The van der Waals surface area contributed by atoms with Crippen LogP contribution in [0.25, 0.3) is 0 Å². The first-order chi connectivity index (χ1) is 9.56. The molecule has 4 heteroatoms. The van der Waals surface area contributed by atoms with Crippen LogP contribution in [0.2, 0.25) is 5.02 Å². The smallest absolute Gasteiger partial charge is 0.233 e. The number of halogens is 1. The molecule has 1 saturated carbocycles. The van der Waals surface area contributed by atoms with Crippen molar-refractivity contribution in [2.24, 2.45) is 5.92 Å². The van der Waals surface area contributed by atoms with E-state index in [9.17, 15) is 4.79 Å². The van der Waals surface area contributed by atoms with Crippen LogP contribution in [0.15, 0.2) is 29.2 Å². The number of benzene rings is 1. The van der Waals surface area contributed by atoms with Gasteiger partial charge >= 0.3 is 0 Å². The van der Waals surface area contributed by atoms with Crippen LogP contribution in [-0.2, 0) is 4.79 Å². The van der Waals surface area contributed by atoms with Crippen LogP contribution in [0.1, 0.15) is 39.5 Å². The van der Waals surface area contributed by atoms with Gasteiger partial charge in [0.05, 0.1) is 5.25 Å². The van der Waals surface area contributed by atoms with Crippen molar-refractivity contribution in [3.05, 3.63) is 29.3 Å². The summed E-state index contributed by atoms with van der Waals surface area (Å²) in [4.78, 5) is 13.3. The Labute approximate surface area is 130 Å². The second-order valence-electron chi connectivity index (χ2n) is 5.59. The Morgan fingerprint density at radius 2 is 1.95 bits per heavy atom. The molecule has 0 aliphatic heterocycles. The summed E-state index contributed by atoms with van der Waals surface area (Å²) in [5, 5.41) is 3.86. The maximum Gasteiger partial charge on any atom is 0.233 e. The maximum absolute atomic E-state index is 12.3. The van der Waals surface area contributed by atoms with Crippen LogP contribution in [0, 0.1) is 5.92 Å². The number of thioether (sulfide) groups is 1. The summed E-state index contributed by atoms with van der Waals surface area (Å²) in [6.45, 7) is 4.20. The molecule has 20 heavy (non-hydrogen) atoms. The molecule has 0 saturated heterocycles. The molecular formula is C16H22ClNOS. The van der Waals surface area contributed by atoms with Crippen molar-refractivity contribution >= 4 is 29.3 Å². The Morgan fingerprint density at radius 1 is 1.30 bits per heavy atom. The zero-order valence-electron chi connectivity index (χ0n) is 12.1. The van der Waals surface area contributed by atoms with Crippen LogP contribution in [0.4, 0.5) is 0 Å². The summed E-state index contributed by atoms with van der Waals surface area (Å²) in [5.74, 6) is 0.740. The van der Waals surface area contributed by atoms with Gasteiger partial charge in [0, 0.05) is 16.0 Å². The molecule has 0 aromatic heterocycles. The summed E-state index contributed by atoms with van der Waals surface area (Å²) >= 11 is 7.45. The quantitative estimate of drug-likeness (QED) is 0.829. The van der Waals surface area contributed by atoms with E-state index in [1.165, 1.54) is 19.3 Å². The van der Waals surface area contributed by atoms with Gasteiger partial charge in [-0.2, -0.15) is 0 Å². The molecule has 1 aromatic rings. The first-order valence-electron chi connectivity index (χ1n) is 7.29. The first-order valence-corrected chi connectivity index (χ1v) is 8.54. The lowest BCUT2D eigenvalue weighted by atomic mass is 9.86. The van der Waals surface area contributed by atoms with E-state index < -0.39 is 0 Å². The molecule has 3 atom stereocenters. The lowest BCUT2D eigenvalue weighted by Gasteiger charge is -2.30. The lowest BCUT2D eigenvalue weighted by molar-refractivity contribution is -0.121. The Bertz CT molecular complexity index is 448. The molecule has 1 aliphatic rings. The van der Waals surface area contributed by atoms with E-state index in [4.69, 9.17) is 11.6 Å². The predicted octanol–water partition coefficient (Wildman–Crippen LogP) is 4.52. The number of nitrogens with one attached hydrogen (secondary N) is 1. The molecule has 1 amide bonds. The minimum atomic E-state index is -0.0784. The highest BCUT2D eigenvalue weighted by Crippen LogP contribution is 2.27. The molecule has 2 nitrogen and oxygen atoms in total. The SMILES string of the molecule is C[C@@H](Sc1ccc(Cl)cc1)C(=O)N[C@@H]1CCCC[C@@H]1C. The van der Waals surface area contributed by atoms with E-state index in [0.29, 0.717) is 12.0 Å². The molecule has 1 aliphatic carbocycles. The van der Waals surface area contributed by atoms with Gasteiger partial charge in [-0.05, 0) is 49.9 Å². The molecule has 1 aromatic carbocycles. The molecule has 0 bridgehead atoms. The Kier molecular flexibility index (Phi) is 5.79. The zero-order valence-corrected chi connectivity index (χ0v) is 13.6. The van der Waals surface area contributed by atoms with Crippen LogP contribution >= 0.6 is 23.4 Å². The van der Waals surface area contributed by atoms with Gasteiger partial charge in [0.2, 0.25) is 5.91 Å². The summed E-state index contributed by atoms with van der Waals surface area (Å²) < 4.78 is 0. The van der Waals surface area contributed by atoms with Gasteiger partial charge in [-0.1, -0.05) is 31.4 Å². The van der Waals surface area contributed by atoms with Crippen LogP contribution in [0.3, 0.4) is 0 Å². The Balaban J connectivity index is 1.86. The fourth-order valence-electron chi connectivity index (χ4n) is 2.60. The second kappa shape index (κ2) is 7.37. The van der Waals surface area contributed by atoms with Gasteiger partial charge in [-0.15, -0.1) is 11.8 Å². The molecule has 0 spiro atoms. The molecule has 0 radical (unpaired) electrons. The molecule has 110 valence electrons. The minimum absolute atomic E-state index is 0.0784. The van der Waals surface area contributed by atoms with Crippen molar-refractivity contribution in [2.75, 3.05) is 0 Å². The molecule has 0 heterocycles. The van der Waals surface area contributed by atoms with Crippen LogP contribution in [0.5, 0.6) is 0 Å². The molecule has 1 N–H and O–H groups in total. The standard InChI is InChI=1S/C16H22ClNOS/c1-11-5-3-4-6-15(11)18-16(19)12(2)20-14-9-7-13(17)8-10-14/h7-12,15H,3-6H2,1-2H3,(H,18,19)/t11-,12+,15+/m0/s1. The topological polar surface area (TPSA) is 29.1 Å². The molecule has 2 rings (SSSR count). The number of hydrogen-bond acceptors (Lipinski definition) is 2. The number of carbonyl (C=O) groups is 1. The van der Waals surface area contributed by atoms with E-state index in [-0.39, 0.29) is 11.2 Å². The third-order valence-electron chi connectivity index (χ3n) is 3.93. The zero-order chi connectivity index (χ0) is 14.5. The van der Waals surface area contributed by atoms with Crippen molar-refractivity contribution in [1.29, 1.82) is 0 Å². The first kappa shape index (κ1) is 15.7. The normalized spacial score (nSPS) is 24.1. The number of rotatable bonds is 4. The van der Waals surface area contributed by atoms with Crippen molar-refractivity contribution in [3.8, 4) is 0 Å². The van der Waals surface area contributed by atoms with Crippen molar-refractivity contribution < 1.29 is 4.79 Å². The van der Waals surface area contributed by atoms with E-state index >= 15 is 0 Å². The van der Waals surface area contributed by atoms with E-state index in [2.05, 4.69) is 12.2 Å². The molecule has 1 fully saturated rings. The number of carbonyl (C=O) groups excluding carboxylic acids is 1. The summed E-state index contributed by atoms with van der Waals surface area (Å²) in [5.41, 5.74) is 0. The highest BCUT2D eigenvalue weighted by atomic mass is 35.5. The van der Waals surface area contributed by atoms with E-state index in [1.807, 2.05) is 31.2 Å². The van der Waals surface area contributed by atoms with Crippen molar-refractivity contribution in [2.45, 2.75) is 55.7 Å². The van der Waals surface area contributed by atoms with Gasteiger partial charge in [-0.25, -0.2) is 0 Å². The number of amides is 1. The van der Waals surface area contributed by atoms with Gasteiger partial charge in [0.1, 0.15) is 0 Å². The lowest BCUT2D eigenvalue weighted by Crippen LogP contribution is -2.44. The van der Waals surface area contributed by atoms with Gasteiger partial charge in [0.25, 0.3) is 0 Å². The maximum atomic E-state index is 12.3. The summed E-state index contributed by atoms with van der Waals surface area (Å²) in [7, 11) is 0. The van der Waals surface area contributed by atoms with E-state index in [1.54, 1.807) is 11.8 Å². The second-order valence-corrected chi connectivity index (χ2v) is 7.44. The molecular weight excluding hydrogens is 290 g/mol. The average molecular weight is 312 g/mol. The van der Waals surface area contributed by atoms with Crippen LogP contribution < -0.4 is 5.32 Å². The average Bonchev–Trinajstić information content (AvgIpc) is 2.44. The summed E-state index contributed by atoms with van der Waals surface area (Å²) in [6, 6.07) is 7.99. The Morgan fingerprint density at radius 3 is 2.60 bits per heavy atom. The third-order valence-corrected chi connectivity index (χ3v) is 5.30. The van der Waals surface area contributed by atoms with Crippen LogP contribution in [-0.4, -0.2) is 17.2 Å². The third kappa shape index (κ3) is 4.42.